The fourth-order valence-corrected chi connectivity index (χ4v) is 3.03. The van der Waals surface area contributed by atoms with Crippen molar-refractivity contribution in [3.63, 3.8) is 0 Å². The number of aryl methyl sites for hydroxylation is 1. The predicted octanol–water partition coefficient (Wildman–Crippen LogP) is 2.96. The summed E-state index contributed by atoms with van der Waals surface area (Å²) in [5, 5.41) is 7.03. The van der Waals surface area contributed by atoms with Crippen LogP contribution in [0.5, 0.6) is 5.75 Å². The van der Waals surface area contributed by atoms with Gasteiger partial charge in [-0.1, -0.05) is 6.42 Å². The summed E-state index contributed by atoms with van der Waals surface area (Å²) in [4.78, 5) is 0. The average molecular weight is 260 g/mol. The van der Waals surface area contributed by atoms with E-state index in [1.807, 2.05) is 0 Å². The third-order valence-electron chi connectivity index (χ3n) is 4.28. The number of benzene rings is 1. The molecule has 2 aliphatic rings. The molecule has 3 nitrogen and oxygen atoms in total. The summed E-state index contributed by atoms with van der Waals surface area (Å²) < 4.78 is 6.02. The van der Waals surface area contributed by atoms with Crippen LogP contribution in [0.2, 0.25) is 0 Å². The lowest BCUT2D eigenvalue weighted by atomic mass is 9.92. The van der Waals surface area contributed by atoms with Crippen LogP contribution in [-0.2, 0) is 6.42 Å². The van der Waals surface area contributed by atoms with E-state index in [9.17, 15) is 0 Å². The third-order valence-corrected chi connectivity index (χ3v) is 4.28. The molecule has 104 valence electrons. The maximum Gasteiger partial charge on any atom is 0.119 e. The van der Waals surface area contributed by atoms with Crippen LogP contribution >= 0.6 is 0 Å². The molecule has 1 atom stereocenters. The zero-order valence-electron chi connectivity index (χ0n) is 11.8. The van der Waals surface area contributed by atoms with E-state index in [0.29, 0.717) is 0 Å². The summed E-state index contributed by atoms with van der Waals surface area (Å²) in [5.41, 5.74) is 2.82. The first-order valence-corrected chi connectivity index (χ1v) is 7.50. The van der Waals surface area contributed by atoms with Crippen LogP contribution in [0.25, 0.3) is 0 Å². The van der Waals surface area contributed by atoms with Gasteiger partial charge in [0, 0.05) is 17.8 Å². The summed E-state index contributed by atoms with van der Waals surface area (Å²) >= 11 is 0. The average Bonchev–Trinajstić information content (AvgIpc) is 2.46. The maximum atomic E-state index is 6.02. The second kappa shape index (κ2) is 5.41. The van der Waals surface area contributed by atoms with Crippen molar-refractivity contribution < 1.29 is 4.74 Å². The van der Waals surface area contributed by atoms with Crippen molar-refractivity contribution in [2.24, 2.45) is 0 Å². The van der Waals surface area contributed by atoms with Crippen LogP contribution in [0.15, 0.2) is 18.2 Å². The SMILES string of the molecule is CC1(COc2ccc3c(c2)CCCN3)CCCCN1. The summed E-state index contributed by atoms with van der Waals surface area (Å²) in [6.45, 7) is 5.24. The summed E-state index contributed by atoms with van der Waals surface area (Å²) in [6, 6.07) is 6.44. The quantitative estimate of drug-likeness (QED) is 0.876. The topological polar surface area (TPSA) is 33.3 Å². The van der Waals surface area contributed by atoms with Gasteiger partial charge in [-0.05, 0) is 62.9 Å². The molecule has 0 saturated carbocycles. The summed E-state index contributed by atoms with van der Waals surface area (Å²) in [5.74, 6) is 1.01. The third kappa shape index (κ3) is 3.03. The van der Waals surface area contributed by atoms with Gasteiger partial charge in [0.15, 0.2) is 0 Å². The van der Waals surface area contributed by atoms with Gasteiger partial charge in [0.1, 0.15) is 12.4 Å². The Morgan fingerprint density at radius 2 is 2.16 bits per heavy atom. The van der Waals surface area contributed by atoms with Crippen LogP contribution in [-0.4, -0.2) is 25.2 Å². The lowest BCUT2D eigenvalue weighted by Gasteiger charge is -2.34. The van der Waals surface area contributed by atoms with Crippen LogP contribution in [0.1, 0.15) is 38.2 Å². The minimum Gasteiger partial charge on any atom is -0.492 e. The molecule has 3 heteroatoms. The molecule has 3 rings (SSSR count). The number of hydrogen-bond acceptors (Lipinski definition) is 3. The van der Waals surface area contributed by atoms with Crippen molar-refractivity contribution >= 4 is 5.69 Å². The minimum absolute atomic E-state index is 0.145. The molecule has 0 amide bonds. The Labute approximate surface area is 115 Å². The molecule has 1 aromatic rings. The van der Waals surface area contributed by atoms with E-state index in [1.54, 1.807) is 0 Å². The van der Waals surface area contributed by atoms with Crippen molar-refractivity contribution in [2.75, 3.05) is 25.0 Å². The molecule has 0 radical (unpaired) electrons. The van der Waals surface area contributed by atoms with Crippen LogP contribution in [0.4, 0.5) is 5.69 Å². The Morgan fingerprint density at radius 3 is 3.00 bits per heavy atom. The minimum atomic E-state index is 0.145. The van der Waals surface area contributed by atoms with Gasteiger partial charge >= 0.3 is 0 Å². The van der Waals surface area contributed by atoms with Gasteiger partial charge in [0.2, 0.25) is 0 Å². The number of hydrogen-bond donors (Lipinski definition) is 2. The molecule has 2 heterocycles. The van der Waals surface area contributed by atoms with Crippen LogP contribution in [0, 0.1) is 0 Å². The van der Waals surface area contributed by atoms with Gasteiger partial charge in [-0.3, -0.25) is 0 Å². The summed E-state index contributed by atoms with van der Waals surface area (Å²) in [7, 11) is 0. The molecule has 2 aliphatic heterocycles. The zero-order valence-corrected chi connectivity index (χ0v) is 11.8. The van der Waals surface area contributed by atoms with E-state index < -0.39 is 0 Å². The number of piperidine rings is 1. The molecular weight excluding hydrogens is 236 g/mol. The number of rotatable bonds is 3. The van der Waals surface area contributed by atoms with Crippen molar-refractivity contribution in [3.05, 3.63) is 23.8 Å². The number of nitrogens with one attached hydrogen (secondary N) is 2. The number of ether oxygens (including phenoxy) is 1. The second-order valence-electron chi connectivity index (χ2n) is 6.08. The zero-order chi connectivity index (χ0) is 13.1. The van der Waals surface area contributed by atoms with E-state index in [4.69, 9.17) is 4.74 Å². The molecule has 0 aliphatic carbocycles. The van der Waals surface area contributed by atoms with E-state index >= 15 is 0 Å². The van der Waals surface area contributed by atoms with E-state index in [0.717, 1.165) is 31.9 Å². The molecule has 1 fully saturated rings. The van der Waals surface area contributed by atoms with Gasteiger partial charge in [-0.2, -0.15) is 0 Å². The molecule has 0 spiro atoms. The predicted molar refractivity (Wildman–Crippen MR) is 79.0 cm³/mol. The van der Waals surface area contributed by atoms with E-state index in [2.05, 4.69) is 35.8 Å². The molecular formula is C16H24N2O. The molecule has 1 unspecified atom stereocenters. The van der Waals surface area contributed by atoms with Crippen molar-refractivity contribution in [1.82, 2.24) is 5.32 Å². The number of fused-ring (bicyclic) bond motifs is 1. The lowest BCUT2D eigenvalue weighted by molar-refractivity contribution is 0.163. The van der Waals surface area contributed by atoms with Gasteiger partial charge in [0.25, 0.3) is 0 Å². The molecule has 1 saturated heterocycles. The Hall–Kier alpha value is -1.22. The largest absolute Gasteiger partial charge is 0.492 e. The fourth-order valence-electron chi connectivity index (χ4n) is 3.03. The summed E-state index contributed by atoms with van der Waals surface area (Å²) in [6.07, 6.45) is 6.19. The normalized spacial score (nSPS) is 26.4. The molecule has 19 heavy (non-hydrogen) atoms. The highest BCUT2D eigenvalue weighted by atomic mass is 16.5. The smallest absolute Gasteiger partial charge is 0.119 e. The Kier molecular flexibility index (Phi) is 3.65. The highest BCUT2D eigenvalue weighted by Gasteiger charge is 2.27. The van der Waals surface area contributed by atoms with Gasteiger partial charge < -0.3 is 15.4 Å². The fraction of sp³-hybridized carbons (Fsp3) is 0.625. The van der Waals surface area contributed by atoms with Gasteiger partial charge in [-0.15, -0.1) is 0 Å². The Balaban J connectivity index is 1.63. The van der Waals surface area contributed by atoms with Crippen molar-refractivity contribution in [3.8, 4) is 5.75 Å². The Morgan fingerprint density at radius 1 is 1.21 bits per heavy atom. The second-order valence-corrected chi connectivity index (χ2v) is 6.08. The monoisotopic (exact) mass is 260 g/mol. The van der Waals surface area contributed by atoms with Crippen molar-refractivity contribution in [2.45, 2.75) is 44.6 Å². The van der Waals surface area contributed by atoms with E-state index in [-0.39, 0.29) is 5.54 Å². The van der Waals surface area contributed by atoms with Crippen LogP contribution in [0.3, 0.4) is 0 Å². The van der Waals surface area contributed by atoms with Gasteiger partial charge in [0.05, 0.1) is 0 Å². The van der Waals surface area contributed by atoms with Gasteiger partial charge in [-0.25, -0.2) is 0 Å². The van der Waals surface area contributed by atoms with E-state index in [1.165, 1.54) is 36.9 Å². The first-order chi connectivity index (χ1) is 9.25. The molecule has 2 N–H and O–H groups in total. The highest BCUT2D eigenvalue weighted by Crippen LogP contribution is 2.27. The first-order valence-electron chi connectivity index (χ1n) is 7.50. The lowest BCUT2D eigenvalue weighted by Crippen LogP contribution is -2.50. The van der Waals surface area contributed by atoms with Crippen molar-refractivity contribution in [1.29, 1.82) is 0 Å². The maximum absolute atomic E-state index is 6.02. The Bertz CT molecular complexity index is 438. The first kappa shape index (κ1) is 12.8. The standard InChI is InChI=1S/C16H24N2O/c1-16(8-2-3-10-18-16)12-19-14-6-7-15-13(11-14)5-4-9-17-15/h6-7,11,17-18H,2-5,8-10,12H2,1H3. The highest BCUT2D eigenvalue weighted by molar-refractivity contribution is 5.55. The molecule has 1 aromatic carbocycles. The molecule has 0 aromatic heterocycles. The molecule has 0 bridgehead atoms. The number of anilines is 1. The van der Waals surface area contributed by atoms with Crippen LogP contribution < -0.4 is 15.4 Å².